The van der Waals surface area contributed by atoms with Crippen LogP contribution in [0.3, 0.4) is 0 Å². The Morgan fingerprint density at radius 3 is 2.40 bits per heavy atom. The topological polar surface area (TPSA) is 74.1 Å². The molecule has 0 N–H and O–H groups in total. The van der Waals surface area contributed by atoms with E-state index in [0.29, 0.717) is 31.2 Å². The summed E-state index contributed by atoms with van der Waals surface area (Å²) >= 11 is 0. The summed E-state index contributed by atoms with van der Waals surface area (Å²) in [5.41, 5.74) is 3.14. The normalized spacial score (nSPS) is 19.5. The van der Waals surface area contributed by atoms with Gasteiger partial charge in [0.15, 0.2) is 0 Å². The number of nitro groups is 1. The molecular formula is C22H27BN2O5. The number of nitrogens with zero attached hydrogens (tertiary/aromatic N) is 2. The summed E-state index contributed by atoms with van der Waals surface area (Å²) in [6.45, 7) is 10.3. The van der Waals surface area contributed by atoms with Crippen molar-refractivity contribution < 1.29 is 19.0 Å². The van der Waals surface area contributed by atoms with Crippen LogP contribution in [0.5, 0.6) is 5.75 Å². The molecule has 0 unspecified atom stereocenters. The van der Waals surface area contributed by atoms with Crippen LogP contribution >= 0.6 is 0 Å². The second-order valence-corrected chi connectivity index (χ2v) is 9.41. The summed E-state index contributed by atoms with van der Waals surface area (Å²) in [6.07, 6.45) is 0. The molecule has 0 bridgehead atoms. The summed E-state index contributed by atoms with van der Waals surface area (Å²) in [5, 5.41) is 11.7. The molecule has 4 rings (SSSR count). The fourth-order valence-corrected chi connectivity index (χ4v) is 4.41. The van der Waals surface area contributed by atoms with Crippen LogP contribution in [0.2, 0.25) is 0 Å². The van der Waals surface area contributed by atoms with E-state index in [0.717, 1.165) is 16.7 Å². The molecule has 0 aliphatic carbocycles. The maximum absolute atomic E-state index is 11.7. The molecule has 0 amide bonds. The number of methoxy groups -OCH3 is 1. The quantitative estimate of drug-likeness (QED) is 0.434. The molecular weight excluding hydrogens is 383 g/mol. The van der Waals surface area contributed by atoms with E-state index >= 15 is 0 Å². The van der Waals surface area contributed by atoms with Crippen molar-refractivity contribution in [3.8, 4) is 5.75 Å². The first-order chi connectivity index (χ1) is 14.1. The summed E-state index contributed by atoms with van der Waals surface area (Å²) in [4.78, 5) is 13.3. The number of fused-ring (bicyclic) bond motifs is 1. The molecule has 8 heteroatoms. The van der Waals surface area contributed by atoms with Crippen molar-refractivity contribution in [2.75, 3.05) is 31.8 Å². The maximum atomic E-state index is 11.7. The van der Waals surface area contributed by atoms with Gasteiger partial charge in [0.05, 0.1) is 17.7 Å². The molecule has 0 radical (unpaired) electrons. The van der Waals surface area contributed by atoms with E-state index in [4.69, 9.17) is 14.0 Å². The zero-order chi connectivity index (χ0) is 21.7. The third-order valence-electron chi connectivity index (χ3n) is 5.77. The van der Waals surface area contributed by atoms with Gasteiger partial charge in [0, 0.05) is 36.7 Å². The Balaban J connectivity index is 1.87. The van der Waals surface area contributed by atoms with Gasteiger partial charge >= 0.3 is 7.12 Å². The Kier molecular flexibility index (Phi) is 5.02. The summed E-state index contributed by atoms with van der Waals surface area (Å²) < 4.78 is 17.9. The lowest BCUT2D eigenvalue weighted by molar-refractivity contribution is -0.384. The number of ether oxygens (including phenoxy) is 1. The fraction of sp³-hybridized carbons (Fsp3) is 0.455. The zero-order valence-corrected chi connectivity index (χ0v) is 18.1. The van der Waals surface area contributed by atoms with Gasteiger partial charge in [-0.1, -0.05) is 45.9 Å². The van der Waals surface area contributed by atoms with Crippen LogP contribution in [0.1, 0.15) is 33.3 Å². The first-order valence-electron chi connectivity index (χ1n) is 10.1. The Morgan fingerprint density at radius 1 is 1.10 bits per heavy atom. The van der Waals surface area contributed by atoms with Crippen molar-refractivity contribution in [1.82, 2.24) is 0 Å². The van der Waals surface area contributed by atoms with Gasteiger partial charge in [0.25, 0.3) is 5.69 Å². The van der Waals surface area contributed by atoms with Crippen LogP contribution in [0, 0.1) is 15.5 Å². The third kappa shape index (κ3) is 3.44. The molecule has 2 aromatic carbocycles. The van der Waals surface area contributed by atoms with Crippen LogP contribution < -0.4 is 15.1 Å². The minimum absolute atomic E-state index is 0.0294. The molecule has 0 spiro atoms. The second-order valence-electron chi connectivity index (χ2n) is 9.41. The van der Waals surface area contributed by atoms with Crippen molar-refractivity contribution in [3.63, 3.8) is 0 Å². The number of anilines is 2. The van der Waals surface area contributed by atoms with Gasteiger partial charge < -0.3 is 18.9 Å². The second kappa shape index (κ2) is 7.28. The smallest absolute Gasteiger partial charge is 0.494 e. The minimum Gasteiger partial charge on any atom is -0.495 e. The van der Waals surface area contributed by atoms with E-state index in [9.17, 15) is 10.1 Å². The van der Waals surface area contributed by atoms with Crippen LogP contribution in [-0.2, 0) is 14.7 Å². The van der Waals surface area contributed by atoms with Crippen LogP contribution in [0.4, 0.5) is 17.1 Å². The molecule has 158 valence electrons. The third-order valence-corrected chi connectivity index (χ3v) is 5.77. The molecule has 1 fully saturated rings. The van der Waals surface area contributed by atoms with E-state index in [1.54, 1.807) is 19.2 Å². The lowest BCUT2D eigenvalue weighted by atomic mass is 9.68. The van der Waals surface area contributed by atoms with E-state index in [1.165, 1.54) is 6.07 Å². The molecule has 0 aromatic heterocycles. The van der Waals surface area contributed by atoms with E-state index in [2.05, 4.69) is 27.7 Å². The first kappa shape index (κ1) is 20.7. The number of hydrogen-bond donors (Lipinski definition) is 0. The molecule has 1 saturated heterocycles. The molecule has 30 heavy (non-hydrogen) atoms. The molecule has 0 saturated carbocycles. The monoisotopic (exact) mass is 410 g/mol. The van der Waals surface area contributed by atoms with Gasteiger partial charge in [0.2, 0.25) is 0 Å². The first-order valence-corrected chi connectivity index (χ1v) is 10.1. The number of rotatable bonds is 4. The van der Waals surface area contributed by atoms with Gasteiger partial charge in [-0.3, -0.25) is 10.1 Å². The van der Waals surface area contributed by atoms with E-state index in [1.807, 2.05) is 23.1 Å². The average molecular weight is 410 g/mol. The van der Waals surface area contributed by atoms with Crippen molar-refractivity contribution in [2.45, 2.75) is 33.1 Å². The van der Waals surface area contributed by atoms with Gasteiger partial charge in [-0.25, -0.2) is 0 Å². The number of nitro benzene ring substituents is 1. The molecule has 2 aliphatic heterocycles. The Hall–Kier alpha value is -2.58. The predicted octanol–water partition coefficient (Wildman–Crippen LogP) is 3.80. The SMILES string of the molecule is COc1ccc(B2OCC(C)(C)CO2)c2c1N(c1ccccc1[N+](=O)[O-])CC2(C)C. The summed E-state index contributed by atoms with van der Waals surface area (Å²) in [5.74, 6) is 0.675. The van der Waals surface area contributed by atoms with Crippen molar-refractivity contribution in [2.24, 2.45) is 5.41 Å². The van der Waals surface area contributed by atoms with E-state index in [-0.39, 0.29) is 21.4 Å². The Labute approximate surface area is 177 Å². The highest BCUT2D eigenvalue weighted by Gasteiger charge is 2.45. The number of benzene rings is 2. The summed E-state index contributed by atoms with van der Waals surface area (Å²) in [7, 11) is 1.15. The van der Waals surface area contributed by atoms with Crippen molar-refractivity contribution >= 4 is 29.6 Å². The number of hydrogen-bond acceptors (Lipinski definition) is 6. The number of para-hydroxylation sites is 2. The Bertz CT molecular complexity index is 981. The molecule has 2 aromatic rings. The Morgan fingerprint density at radius 2 is 1.77 bits per heavy atom. The lowest BCUT2D eigenvalue weighted by Gasteiger charge is -2.34. The highest BCUT2D eigenvalue weighted by Crippen LogP contribution is 2.50. The predicted molar refractivity (Wildman–Crippen MR) is 117 cm³/mol. The van der Waals surface area contributed by atoms with Crippen molar-refractivity contribution in [3.05, 3.63) is 52.1 Å². The van der Waals surface area contributed by atoms with Crippen LogP contribution in [0.15, 0.2) is 36.4 Å². The zero-order valence-electron chi connectivity index (χ0n) is 18.1. The minimum atomic E-state index is -0.470. The standard InChI is InChI=1S/C22H27BN2O5/c1-21(2)13-29-23(30-14-21)15-10-11-18(28-5)20-19(15)22(3,4)12-24(20)16-8-6-7-9-17(16)25(26)27/h6-11H,12-14H2,1-5H3. The van der Waals surface area contributed by atoms with Crippen LogP contribution in [0.25, 0.3) is 0 Å². The van der Waals surface area contributed by atoms with Crippen LogP contribution in [-0.4, -0.2) is 38.9 Å². The lowest BCUT2D eigenvalue weighted by Crippen LogP contribution is -2.49. The van der Waals surface area contributed by atoms with Gasteiger partial charge in [-0.15, -0.1) is 0 Å². The highest BCUT2D eigenvalue weighted by atomic mass is 16.6. The van der Waals surface area contributed by atoms with Gasteiger partial charge in [-0.05, 0) is 23.2 Å². The molecule has 2 aliphatic rings. The largest absolute Gasteiger partial charge is 0.495 e. The molecule has 0 atom stereocenters. The highest BCUT2D eigenvalue weighted by molar-refractivity contribution is 6.62. The van der Waals surface area contributed by atoms with Crippen molar-refractivity contribution in [1.29, 1.82) is 0 Å². The van der Waals surface area contributed by atoms with Gasteiger partial charge in [0.1, 0.15) is 11.4 Å². The molecule has 7 nitrogen and oxygen atoms in total. The maximum Gasteiger partial charge on any atom is 0.494 e. The summed E-state index contributed by atoms with van der Waals surface area (Å²) in [6, 6.07) is 10.7. The molecule has 2 heterocycles. The average Bonchev–Trinajstić information content (AvgIpc) is 2.99. The van der Waals surface area contributed by atoms with E-state index < -0.39 is 7.12 Å². The fourth-order valence-electron chi connectivity index (χ4n) is 4.41. The van der Waals surface area contributed by atoms with Gasteiger partial charge in [-0.2, -0.15) is 0 Å².